The van der Waals surface area contributed by atoms with Crippen molar-refractivity contribution in [3.63, 3.8) is 0 Å². The largest absolute Gasteiger partial charge is 0.454 e. The molecule has 0 saturated carbocycles. The summed E-state index contributed by atoms with van der Waals surface area (Å²) in [6, 6.07) is 1.48. The van der Waals surface area contributed by atoms with Crippen LogP contribution < -0.4 is 4.74 Å². The van der Waals surface area contributed by atoms with E-state index in [2.05, 4.69) is 10.2 Å². The van der Waals surface area contributed by atoms with Gasteiger partial charge >= 0.3 is 12.4 Å². The van der Waals surface area contributed by atoms with Crippen LogP contribution in [0.1, 0.15) is 32.9 Å². The average molecular weight is 482 g/mol. The Balaban J connectivity index is 1.85. The molecule has 0 spiro atoms. The molecular formula is C19H10F8N2O2S. The van der Waals surface area contributed by atoms with E-state index in [4.69, 9.17) is 4.74 Å². The SMILES string of the molecule is O=C(CCc1cc(F)c(Oc2cc(C(F)(F)F)cc(C(F)(F)F)c2)cc1F)c1nncs1. The molecule has 1 aromatic heterocycles. The first-order valence-corrected chi connectivity index (χ1v) is 9.47. The van der Waals surface area contributed by atoms with Crippen molar-refractivity contribution in [2.24, 2.45) is 0 Å². The number of alkyl halides is 6. The van der Waals surface area contributed by atoms with Gasteiger partial charge in [0.1, 0.15) is 17.1 Å². The number of rotatable bonds is 6. The number of nitrogens with zero attached hydrogens (tertiary/aromatic N) is 2. The Bertz CT molecular complexity index is 1100. The minimum absolute atomic E-state index is 0.0795. The Labute approximate surface area is 178 Å². The van der Waals surface area contributed by atoms with Crippen LogP contribution in [0, 0.1) is 11.6 Å². The highest BCUT2D eigenvalue weighted by Gasteiger charge is 2.37. The summed E-state index contributed by atoms with van der Waals surface area (Å²) in [5.41, 5.74) is -2.27. The maximum Gasteiger partial charge on any atom is 0.416 e. The number of halogens is 8. The van der Waals surface area contributed by atoms with Crippen molar-refractivity contribution in [3.05, 3.63) is 69.2 Å². The monoisotopic (exact) mass is 482 g/mol. The highest BCUT2D eigenvalue weighted by Crippen LogP contribution is 2.39. The number of ether oxygens (including phenoxy) is 1. The molecule has 0 radical (unpaired) electrons. The molecule has 4 nitrogen and oxygen atoms in total. The summed E-state index contributed by atoms with van der Waals surface area (Å²) in [7, 11) is 0. The van der Waals surface area contributed by atoms with Gasteiger partial charge in [0, 0.05) is 12.5 Å². The average Bonchev–Trinajstić information content (AvgIpc) is 3.22. The molecule has 0 aliphatic carbocycles. The van der Waals surface area contributed by atoms with Crippen molar-refractivity contribution < 1.29 is 44.7 Å². The molecule has 13 heteroatoms. The van der Waals surface area contributed by atoms with Crippen LogP contribution in [0.3, 0.4) is 0 Å². The fourth-order valence-electron chi connectivity index (χ4n) is 2.60. The van der Waals surface area contributed by atoms with Gasteiger partial charge in [0.15, 0.2) is 22.4 Å². The number of hydrogen-bond acceptors (Lipinski definition) is 5. The Hall–Kier alpha value is -3.09. The molecule has 0 aliphatic rings. The first-order valence-electron chi connectivity index (χ1n) is 8.59. The van der Waals surface area contributed by atoms with E-state index in [1.807, 2.05) is 0 Å². The maximum absolute atomic E-state index is 14.3. The molecule has 0 saturated heterocycles. The van der Waals surface area contributed by atoms with Crippen molar-refractivity contribution in [1.82, 2.24) is 10.2 Å². The second-order valence-electron chi connectivity index (χ2n) is 6.38. The second kappa shape index (κ2) is 8.81. The fraction of sp³-hybridized carbons (Fsp3) is 0.211. The topological polar surface area (TPSA) is 52.1 Å². The predicted molar refractivity (Wildman–Crippen MR) is 95.4 cm³/mol. The van der Waals surface area contributed by atoms with Crippen LogP contribution in [0.4, 0.5) is 35.1 Å². The Morgan fingerprint density at radius 1 is 0.906 bits per heavy atom. The Morgan fingerprint density at radius 3 is 2.06 bits per heavy atom. The Kier molecular flexibility index (Phi) is 6.49. The zero-order valence-electron chi connectivity index (χ0n) is 15.5. The quantitative estimate of drug-likeness (QED) is 0.299. The van der Waals surface area contributed by atoms with Crippen LogP contribution in [0.15, 0.2) is 35.8 Å². The molecule has 170 valence electrons. The van der Waals surface area contributed by atoms with Gasteiger partial charge in [-0.3, -0.25) is 4.79 Å². The van der Waals surface area contributed by atoms with E-state index < -0.39 is 52.4 Å². The normalized spacial score (nSPS) is 12.1. The van der Waals surface area contributed by atoms with Crippen LogP contribution in [0.25, 0.3) is 0 Å². The van der Waals surface area contributed by atoms with Crippen molar-refractivity contribution >= 4 is 17.1 Å². The summed E-state index contributed by atoms with van der Waals surface area (Å²) in [4.78, 5) is 11.9. The summed E-state index contributed by atoms with van der Waals surface area (Å²) in [5, 5.41) is 7.11. The summed E-state index contributed by atoms with van der Waals surface area (Å²) < 4.78 is 111. The van der Waals surface area contributed by atoms with Crippen molar-refractivity contribution in [2.75, 3.05) is 0 Å². The molecule has 3 aromatic rings. The lowest BCUT2D eigenvalue weighted by molar-refractivity contribution is -0.143. The summed E-state index contributed by atoms with van der Waals surface area (Å²) in [6.07, 6.45) is -10.7. The van der Waals surface area contributed by atoms with Gasteiger partial charge in [-0.2, -0.15) is 26.3 Å². The maximum atomic E-state index is 14.3. The third-order valence-electron chi connectivity index (χ3n) is 4.11. The van der Waals surface area contributed by atoms with E-state index in [0.717, 1.165) is 11.3 Å². The number of Topliss-reactive ketones (excluding diaryl/α,β-unsaturated/α-hetero) is 1. The summed E-state index contributed by atoms with van der Waals surface area (Å²) >= 11 is 0.963. The molecular weight excluding hydrogens is 472 g/mol. The van der Waals surface area contributed by atoms with Gasteiger partial charge in [-0.1, -0.05) is 11.3 Å². The van der Waals surface area contributed by atoms with Gasteiger partial charge in [0.25, 0.3) is 0 Å². The van der Waals surface area contributed by atoms with E-state index in [0.29, 0.717) is 12.1 Å². The number of hydrogen-bond donors (Lipinski definition) is 0. The van der Waals surface area contributed by atoms with Gasteiger partial charge in [0.2, 0.25) is 0 Å². The predicted octanol–water partition coefficient (Wildman–Crippen LogP) is 6.46. The molecule has 0 fully saturated rings. The lowest BCUT2D eigenvalue weighted by Gasteiger charge is -2.15. The molecule has 2 aromatic carbocycles. The van der Waals surface area contributed by atoms with Crippen LogP contribution in [0.5, 0.6) is 11.5 Å². The molecule has 0 unspecified atom stereocenters. The highest BCUT2D eigenvalue weighted by atomic mass is 32.1. The van der Waals surface area contributed by atoms with E-state index >= 15 is 0 Å². The summed E-state index contributed by atoms with van der Waals surface area (Å²) in [5.74, 6) is -4.67. The molecule has 0 amide bonds. The van der Waals surface area contributed by atoms with E-state index in [1.165, 1.54) is 5.51 Å². The fourth-order valence-corrected chi connectivity index (χ4v) is 3.12. The second-order valence-corrected chi connectivity index (χ2v) is 7.22. The highest BCUT2D eigenvalue weighted by molar-refractivity contribution is 7.11. The number of aromatic nitrogens is 2. The zero-order valence-corrected chi connectivity index (χ0v) is 16.3. The number of benzene rings is 2. The Morgan fingerprint density at radius 2 is 1.53 bits per heavy atom. The molecule has 0 bridgehead atoms. The van der Waals surface area contributed by atoms with E-state index in [-0.39, 0.29) is 41.6 Å². The van der Waals surface area contributed by atoms with Crippen molar-refractivity contribution in [3.8, 4) is 11.5 Å². The van der Waals surface area contributed by atoms with Crippen LogP contribution >= 0.6 is 11.3 Å². The van der Waals surface area contributed by atoms with Gasteiger partial charge in [-0.05, 0) is 36.2 Å². The summed E-state index contributed by atoms with van der Waals surface area (Å²) in [6.45, 7) is 0. The number of carbonyl (C=O) groups is 1. The molecule has 0 aliphatic heterocycles. The molecule has 0 N–H and O–H groups in total. The third-order valence-corrected chi connectivity index (χ3v) is 4.84. The van der Waals surface area contributed by atoms with E-state index in [1.54, 1.807) is 0 Å². The van der Waals surface area contributed by atoms with Gasteiger partial charge in [-0.25, -0.2) is 8.78 Å². The third kappa shape index (κ3) is 5.58. The zero-order chi connectivity index (χ0) is 23.7. The van der Waals surface area contributed by atoms with Crippen LogP contribution in [-0.2, 0) is 18.8 Å². The number of ketones is 1. The van der Waals surface area contributed by atoms with Crippen LogP contribution in [-0.4, -0.2) is 16.0 Å². The number of carbonyl (C=O) groups excluding carboxylic acids is 1. The van der Waals surface area contributed by atoms with Crippen molar-refractivity contribution in [1.29, 1.82) is 0 Å². The van der Waals surface area contributed by atoms with Gasteiger partial charge < -0.3 is 4.74 Å². The van der Waals surface area contributed by atoms with Crippen molar-refractivity contribution in [2.45, 2.75) is 25.2 Å². The molecule has 1 heterocycles. The lowest BCUT2D eigenvalue weighted by Crippen LogP contribution is -2.11. The molecule has 0 atom stereocenters. The van der Waals surface area contributed by atoms with Gasteiger partial charge in [-0.15, -0.1) is 10.2 Å². The smallest absolute Gasteiger partial charge is 0.416 e. The minimum atomic E-state index is -5.13. The first-order chi connectivity index (χ1) is 14.8. The number of aryl methyl sites for hydroxylation is 1. The molecule has 32 heavy (non-hydrogen) atoms. The van der Waals surface area contributed by atoms with Gasteiger partial charge in [0.05, 0.1) is 11.1 Å². The lowest BCUT2D eigenvalue weighted by atomic mass is 10.1. The standard InChI is InChI=1S/C19H10F8N2O2S/c20-13-7-16(14(21)3-9(13)1-2-15(30)17-29-28-8-32-17)31-12-5-10(18(22,23)24)4-11(6-12)19(25,26)27/h3-8H,1-2H2. The van der Waals surface area contributed by atoms with Crippen LogP contribution in [0.2, 0.25) is 0 Å². The van der Waals surface area contributed by atoms with E-state index in [9.17, 15) is 39.9 Å². The molecule has 3 rings (SSSR count). The first kappa shape index (κ1) is 23.6. The minimum Gasteiger partial charge on any atom is -0.454 e.